The van der Waals surface area contributed by atoms with Crippen LogP contribution in [0.2, 0.25) is 0 Å². The molecule has 36 nitrogen and oxygen atoms in total. The summed E-state index contributed by atoms with van der Waals surface area (Å²) >= 11 is 6.93. The summed E-state index contributed by atoms with van der Waals surface area (Å²) in [5.74, 6) is 4.42. The molecule has 0 aliphatic rings. The van der Waals surface area contributed by atoms with Gasteiger partial charge in [0.05, 0.1) is 166 Å². The van der Waals surface area contributed by atoms with Gasteiger partial charge in [-0.3, -0.25) is 0 Å². The van der Waals surface area contributed by atoms with Gasteiger partial charge in [-0.25, -0.2) is 102 Å². The van der Waals surface area contributed by atoms with E-state index < -0.39 is 75.0 Å². The van der Waals surface area contributed by atoms with Gasteiger partial charge in [0.2, 0.25) is 20.0 Å². The number of methoxy groups -OCH3 is 3. The Balaban J connectivity index is 0.000000131. The highest BCUT2D eigenvalue weighted by atomic mass is 32.2. The van der Waals surface area contributed by atoms with E-state index in [0.29, 0.717) is 126 Å². The van der Waals surface area contributed by atoms with E-state index in [0.717, 1.165) is 103 Å². The number of ether oxygens (including phenoxy) is 4. The molecule has 0 saturated carbocycles. The Bertz CT molecular complexity index is 9130. The van der Waals surface area contributed by atoms with E-state index in [2.05, 4.69) is 77.9 Å². The number of sulfonamides is 2. The number of benzene rings is 10. The topological polar surface area (TPSA) is 473 Å². The minimum Gasteiger partial charge on any atom is -0.495 e. The van der Waals surface area contributed by atoms with Gasteiger partial charge in [0.15, 0.2) is 55.2 Å². The van der Waals surface area contributed by atoms with Gasteiger partial charge in [-0.15, -0.1) is 0 Å². The molecule has 0 aliphatic carbocycles. The predicted octanol–water partition coefficient (Wildman–Crippen LogP) is 20.6. The van der Waals surface area contributed by atoms with E-state index in [4.69, 9.17) is 39.2 Å². The highest BCUT2D eigenvalue weighted by Crippen LogP contribution is 2.45. The molecule has 0 aliphatic heterocycles. The summed E-state index contributed by atoms with van der Waals surface area (Å²) in [6.07, 6.45) is -1.88. The second-order valence-corrected chi connectivity index (χ2v) is 48.5. The Morgan fingerprint density at radius 1 is 0.377 bits per heavy atom. The van der Waals surface area contributed by atoms with Crippen molar-refractivity contribution in [3.05, 3.63) is 187 Å². The van der Waals surface area contributed by atoms with E-state index in [9.17, 15) is 68.4 Å². The van der Waals surface area contributed by atoms with Crippen LogP contribution in [0.15, 0.2) is 189 Å². The zero-order chi connectivity index (χ0) is 105. The smallest absolute Gasteiger partial charge is 0.406 e. The lowest BCUT2D eigenvalue weighted by molar-refractivity contribution is -0.141. The summed E-state index contributed by atoms with van der Waals surface area (Å²) in [6.45, 7) is 13.7. The second kappa shape index (κ2) is 41.0. The number of hydrogen-bond donors (Lipinski definition) is 7. The van der Waals surface area contributed by atoms with E-state index in [1.807, 2.05) is 101 Å². The minimum absolute atomic E-state index is 0.0424. The lowest BCUT2D eigenvalue weighted by atomic mass is 10.0. The quantitative estimate of drug-likeness (QED) is 0.0261. The van der Waals surface area contributed by atoms with Crippen LogP contribution in [0.4, 0.5) is 80.4 Å². The highest BCUT2D eigenvalue weighted by Gasteiger charge is 2.33. The number of aromatic nitrogens is 15. The lowest BCUT2D eigenvalue weighted by Crippen LogP contribution is -2.18. The number of rotatable bonds is 25. The molecule has 20 aromatic rings. The van der Waals surface area contributed by atoms with Crippen LogP contribution in [0.3, 0.4) is 0 Å². The van der Waals surface area contributed by atoms with Crippen molar-refractivity contribution in [1.82, 2.24) is 72.7 Å². The van der Waals surface area contributed by atoms with Crippen LogP contribution in [-0.4, -0.2) is 173 Å². The van der Waals surface area contributed by atoms with Gasteiger partial charge < -0.3 is 68.4 Å². The predicted molar refractivity (Wildman–Crippen MR) is 563 cm³/mol. The number of aryl methyl sites for hydroxylation is 6. The molecule has 10 aromatic heterocycles. The summed E-state index contributed by atoms with van der Waals surface area (Å²) in [5, 5.41) is 29.0. The number of anilines is 10. The molecule has 20 rings (SSSR count). The molecule has 0 amide bonds. The number of nitrogens with two attached hydrogens (primary N) is 2. The fourth-order valence-electron chi connectivity index (χ4n) is 16.0. The molecule has 52 heteroatoms. The number of alkyl halides is 6. The third kappa shape index (κ3) is 23.3. The summed E-state index contributed by atoms with van der Waals surface area (Å²) in [6, 6.07) is 41.6. The molecule has 10 aromatic carbocycles. The Labute approximate surface area is 851 Å². The zero-order valence-corrected chi connectivity index (χ0v) is 88.7. The van der Waals surface area contributed by atoms with Gasteiger partial charge in [-0.1, -0.05) is 76.6 Å². The highest BCUT2D eigenvalue weighted by molar-refractivity contribution is 7.91. The number of hydrogen-bond acceptors (Lipinski definition) is 34. The number of nitrogens with zero attached hydrogens (tertiary/aromatic N) is 15. The number of thiazole rings is 5. The van der Waals surface area contributed by atoms with Gasteiger partial charge in [-0.2, -0.15) is 26.3 Å². The van der Waals surface area contributed by atoms with Crippen molar-refractivity contribution in [1.29, 1.82) is 0 Å². The molecular weight excluding hydrogens is 2100 g/mol. The van der Waals surface area contributed by atoms with Gasteiger partial charge in [0.1, 0.15) is 81.1 Å². The van der Waals surface area contributed by atoms with Crippen LogP contribution >= 0.6 is 56.7 Å². The van der Waals surface area contributed by atoms with Crippen LogP contribution < -0.4 is 55.8 Å². The molecule has 146 heavy (non-hydrogen) atoms. The molecule has 0 atom stereocenters. The van der Waals surface area contributed by atoms with Gasteiger partial charge in [0, 0.05) is 45.1 Å². The van der Waals surface area contributed by atoms with Gasteiger partial charge >= 0.3 is 12.4 Å². The first kappa shape index (κ1) is 105. The van der Waals surface area contributed by atoms with Crippen molar-refractivity contribution in [2.75, 3.05) is 66.7 Å². The Kier molecular flexibility index (Phi) is 29.6. The van der Waals surface area contributed by atoms with Crippen LogP contribution in [-0.2, 0) is 89.7 Å². The van der Waals surface area contributed by atoms with E-state index in [1.165, 1.54) is 138 Å². The number of primary sulfonamides is 2. The summed E-state index contributed by atoms with van der Waals surface area (Å²) in [7, 11) is -9.31. The standard InChI is InChI=1S/C20H20F3N5O3S2.C20H20F3N5O2S2.C19H20N4O3S2.C18H18N4O3S2.C17H16N4O3S2/c1-10(2)31-15-6-4-12(33(24,29)30)8-14(15)26-19-27-17-16(32-19)7-5-13-18(17)28(11(3)25-13)9-20(21,22)23;1-11(2)7-12-3-4-13(32(24,29)30)8-15(12)26-19-27-17-16(31-19)6-5-14-18(17)28(10-25-14)9-20(21,22)23;1-5-23-11(2)20-13-7-9-16-17(18(13)23)22-19(27-16)21-14-10-12(28(4,24)25)6-8-15(14)26-3;1-10-19-12-6-8-15-16(17(12)22(10)2)21-18(26-15)20-13-9-11(27(4,23)24)5-7-14(13)25-3;1-21-9-18-11-5-7-14-15(16(11)21)20-17(25-14)19-12-8-10(26(3,22)23)4-6-13(12)24-2/h4-8,10H,9H2,1-3H3,(H,26,27)(H2,24,29,30);3-6,8,10-11H,7,9H2,1-2H3,(H,26,27)(H2,24,29,30);6-10H,5H2,1-4H3,(H,21,22);5-9H,1-4H3,(H,20,21);4-9H,1-3H3,(H,19,20). The molecule has 9 N–H and O–H groups in total. The average Bonchev–Trinajstić information content (AvgIpc) is 1.68. The van der Waals surface area contributed by atoms with Crippen molar-refractivity contribution < 1.29 is 87.4 Å². The molecule has 0 unspecified atom stereocenters. The molecular formula is C94H94F6N22O14S10. The Morgan fingerprint density at radius 2 is 0.699 bits per heavy atom. The van der Waals surface area contributed by atoms with Crippen molar-refractivity contribution >= 4 is 267 Å². The van der Waals surface area contributed by atoms with E-state index in [1.54, 1.807) is 87.3 Å². The van der Waals surface area contributed by atoms with Crippen molar-refractivity contribution in [3.63, 3.8) is 0 Å². The van der Waals surface area contributed by atoms with Crippen LogP contribution in [0.1, 0.15) is 57.7 Å². The third-order valence-electron chi connectivity index (χ3n) is 22.6. The maximum atomic E-state index is 13.2. The Morgan fingerprint density at radius 3 is 1.09 bits per heavy atom. The molecule has 10 heterocycles. The first-order valence-electron chi connectivity index (χ1n) is 44.0. The number of nitrogens with one attached hydrogen (secondary N) is 5. The normalized spacial score (nSPS) is 12.3. The molecule has 0 bridgehead atoms. The molecule has 0 spiro atoms. The van der Waals surface area contributed by atoms with Crippen molar-refractivity contribution in [2.24, 2.45) is 30.3 Å². The van der Waals surface area contributed by atoms with Crippen LogP contribution in [0, 0.1) is 26.7 Å². The van der Waals surface area contributed by atoms with Crippen LogP contribution in [0.5, 0.6) is 23.0 Å². The monoisotopic (exact) mass is 2190 g/mol. The SMILES string of the molecule is CC(C)Cc1ccc(S(N)(=O)=O)cc1Nc1nc2c(ccc3ncn(CC(F)(F)F)c32)s1.CCn1c(C)nc2ccc3sc(Nc4cc(S(C)(=O)=O)ccc4OC)nc3c21.COc1ccc(S(C)(=O)=O)cc1Nc1nc2c(ccc3nc(C)n(C)c32)s1.COc1ccc(S(C)(=O)=O)cc1Nc1nc2c(ccc3ncn(C)c32)s1.Cc1nc2ccc3sc(Nc4cc(S(N)(=O)=O)ccc4OC(C)C)nc3c2n1CC(F)(F)F. The van der Waals surface area contributed by atoms with Gasteiger partial charge in [-0.05, 0) is 205 Å². The number of sulfone groups is 3. The third-order valence-corrected chi connectivity index (χ3v) is 32.4. The maximum absolute atomic E-state index is 13.2. The maximum Gasteiger partial charge on any atom is 0.406 e. The molecule has 0 saturated heterocycles. The largest absolute Gasteiger partial charge is 0.495 e. The molecule has 766 valence electrons. The summed E-state index contributed by atoms with van der Waals surface area (Å²) in [4.78, 5) is 45.5. The molecule has 0 radical (unpaired) electrons. The number of halogens is 6. The summed E-state index contributed by atoms with van der Waals surface area (Å²) in [5.41, 5.74) is 13.8. The van der Waals surface area contributed by atoms with Crippen LogP contribution in [0.25, 0.3) is 106 Å². The van der Waals surface area contributed by atoms with Crippen molar-refractivity contribution in [3.8, 4) is 23.0 Å². The van der Waals surface area contributed by atoms with E-state index in [-0.39, 0.29) is 41.9 Å². The number of imidazole rings is 5. The fourth-order valence-corrected chi connectivity index (χ4v) is 23.4. The van der Waals surface area contributed by atoms with E-state index >= 15 is 0 Å². The van der Waals surface area contributed by atoms with Gasteiger partial charge in [0.25, 0.3) is 0 Å². The lowest BCUT2D eigenvalue weighted by Gasteiger charge is -2.15. The average molecular weight is 2190 g/mol. The first-order chi connectivity index (χ1) is 68.7. The summed E-state index contributed by atoms with van der Waals surface area (Å²) < 4.78 is 231. The molecule has 0 fully saturated rings. The number of fused-ring (bicyclic) bond motifs is 15. The first-order valence-corrected chi connectivity index (χ1v) is 56.9. The minimum atomic E-state index is -4.42. The van der Waals surface area contributed by atoms with Crippen molar-refractivity contribution in [2.45, 2.75) is 124 Å². The Hall–Kier alpha value is -13.6. The fraction of sp³-hybridized carbons (Fsp3) is 0.255. The second-order valence-electron chi connectivity index (χ2n) is 34.2. The zero-order valence-electron chi connectivity index (χ0n) is 80.5.